The molecule has 5 nitrogen and oxygen atoms in total. The van der Waals surface area contributed by atoms with Crippen molar-refractivity contribution in [2.75, 3.05) is 31.4 Å². The topological polar surface area (TPSA) is 64.8 Å². The van der Waals surface area contributed by atoms with Crippen molar-refractivity contribution in [3.05, 3.63) is 22.7 Å². The Morgan fingerprint density at radius 1 is 1.55 bits per heavy atom. The molecule has 1 aliphatic heterocycles. The molecule has 2 atom stereocenters. The van der Waals surface area contributed by atoms with Gasteiger partial charge in [0.25, 0.3) is 0 Å². The summed E-state index contributed by atoms with van der Waals surface area (Å²) < 4.78 is 10.4. The molecular formula is C14H19ClN2O3. The van der Waals surface area contributed by atoms with Gasteiger partial charge in [0.1, 0.15) is 0 Å². The molecule has 0 spiro atoms. The van der Waals surface area contributed by atoms with Gasteiger partial charge in [-0.3, -0.25) is 0 Å². The summed E-state index contributed by atoms with van der Waals surface area (Å²) in [6.07, 6.45) is 0.970. The predicted molar refractivity (Wildman–Crippen MR) is 79.4 cm³/mol. The first-order chi connectivity index (χ1) is 9.45. The molecule has 0 radical (unpaired) electrons. The van der Waals surface area contributed by atoms with Crippen LogP contribution in [-0.2, 0) is 9.47 Å². The van der Waals surface area contributed by atoms with E-state index in [9.17, 15) is 4.79 Å². The summed E-state index contributed by atoms with van der Waals surface area (Å²) in [5, 5.41) is 0.437. The Morgan fingerprint density at radius 3 is 2.80 bits per heavy atom. The summed E-state index contributed by atoms with van der Waals surface area (Å²) in [7, 11) is 3.24. The van der Waals surface area contributed by atoms with Crippen molar-refractivity contribution in [1.82, 2.24) is 0 Å². The highest BCUT2D eigenvalue weighted by molar-refractivity contribution is 6.34. The number of hydrogen-bond acceptors (Lipinski definition) is 5. The Balaban J connectivity index is 2.46. The van der Waals surface area contributed by atoms with Crippen molar-refractivity contribution >= 4 is 28.9 Å². The summed E-state index contributed by atoms with van der Waals surface area (Å²) in [6.45, 7) is 2.72. The van der Waals surface area contributed by atoms with E-state index in [1.54, 1.807) is 12.1 Å². The summed E-state index contributed by atoms with van der Waals surface area (Å²) in [5.41, 5.74) is 7.21. The molecular weight excluding hydrogens is 280 g/mol. The molecule has 2 N–H and O–H groups in total. The van der Waals surface area contributed by atoms with Crippen LogP contribution in [0.15, 0.2) is 12.1 Å². The minimum absolute atomic E-state index is 0.0825. The Kier molecular flexibility index (Phi) is 4.40. The molecule has 1 heterocycles. The number of esters is 1. The normalized spacial score (nSPS) is 21.8. The lowest BCUT2D eigenvalue weighted by Crippen LogP contribution is -2.37. The maximum Gasteiger partial charge on any atom is 0.340 e. The van der Waals surface area contributed by atoms with Crippen molar-refractivity contribution in [3.8, 4) is 0 Å². The van der Waals surface area contributed by atoms with Gasteiger partial charge >= 0.3 is 5.97 Å². The number of nitrogens with two attached hydrogens (primary N) is 1. The smallest absolute Gasteiger partial charge is 0.340 e. The molecule has 110 valence electrons. The fraction of sp³-hybridized carbons (Fsp3) is 0.500. The highest BCUT2D eigenvalue weighted by Crippen LogP contribution is 2.35. The number of carbonyl (C=O) groups excluding carboxylic acids is 1. The van der Waals surface area contributed by atoms with Crippen LogP contribution in [0.2, 0.25) is 5.02 Å². The predicted octanol–water partition coefficient (Wildman–Crippen LogP) is 2.32. The van der Waals surface area contributed by atoms with Crippen LogP contribution in [0.5, 0.6) is 0 Å². The zero-order valence-corrected chi connectivity index (χ0v) is 12.6. The zero-order chi connectivity index (χ0) is 14.9. The number of nitrogen functional groups attached to an aromatic ring is 1. The Labute approximate surface area is 123 Å². The quantitative estimate of drug-likeness (QED) is 0.685. The Morgan fingerprint density at radius 2 is 2.25 bits per heavy atom. The molecule has 1 aromatic carbocycles. The number of nitrogens with zero attached hydrogens (tertiary/aromatic N) is 1. The summed E-state index contributed by atoms with van der Waals surface area (Å²) in [4.78, 5) is 13.9. The van der Waals surface area contributed by atoms with Crippen LogP contribution in [0, 0.1) is 0 Å². The lowest BCUT2D eigenvalue weighted by Gasteiger charge is -2.31. The highest BCUT2D eigenvalue weighted by Gasteiger charge is 2.31. The van der Waals surface area contributed by atoms with Crippen molar-refractivity contribution in [3.63, 3.8) is 0 Å². The molecule has 0 aromatic heterocycles. The zero-order valence-electron chi connectivity index (χ0n) is 11.9. The maximum absolute atomic E-state index is 11.9. The Hall–Kier alpha value is -1.46. The molecule has 2 unspecified atom stereocenters. The van der Waals surface area contributed by atoms with Gasteiger partial charge in [-0.2, -0.15) is 0 Å². The van der Waals surface area contributed by atoms with Crippen molar-refractivity contribution in [2.24, 2.45) is 0 Å². The lowest BCUT2D eigenvalue weighted by atomic mass is 10.1. The first kappa shape index (κ1) is 14.9. The van der Waals surface area contributed by atoms with E-state index in [0.717, 1.165) is 6.42 Å². The van der Waals surface area contributed by atoms with E-state index in [2.05, 4.69) is 0 Å². The molecule has 20 heavy (non-hydrogen) atoms. The number of carbonyl (C=O) groups is 1. The summed E-state index contributed by atoms with van der Waals surface area (Å²) >= 11 is 6.29. The van der Waals surface area contributed by atoms with Gasteiger partial charge in [-0.1, -0.05) is 11.6 Å². The largest absolute Gasteiger partial charge is 0.465 e. The number of rotatable bonds is 3. The van der Waals surface area contributed by atoms with Crippen LogP contribution < -0.4 is 10.6 Å². The van der Waals surface area contributed by atoms with E-state index in [1.165, 1.54) is 7.11 Å². The minimum Gasteiger partial charge on any atom is -0.465 e. The van der Waals surface area contributed by atoms with Gasteiger partial charge in [-0.25, -0.2) is 4.79 Å². The van der Waals surface area contributed by atoms with Crippen LogP contribution in [0.25, 0.3) is 0 Å². The Bertz CT molecular complexity index is 521. The molecule has 0 amide bonds. The fourth-order valence-electron chi connectivity index (χ4n) is 2.64. The first-order valence-corrected chi connectivity index (χ1v) is 6.85. The van der Waals surface area contributed by atoms with Crippen LogP contribution in [0.4, 0.5) is 11.4 Å². The monoisotopic (exact) mass is 298 g/mol. The van der Waals surface area contributed by atoms with Gasteiger partial charge in [-0.15, -0.1) is 0 Å². The lowest BCUT2D eigenvalue weighted by molar-refractivity contribution is 0.0601. The van der Waals surface area contributed by atoms with Crippen molar-refractivity contribution in [1.29, 1.82) is 0 Å². The summed E-state index contributed by atoms with van der Waals surface area (Å²) in [5.74, 6) is -0.451. The van der Waals surface area contributed by atoms with E-state index >= 15 is 0 Å². The van der Waals surface area contributed by atoms with Gasteiger partial charge in [0.05, 0.1) is 35.5 Å². The maximum atomic E-state index is 11.9. The van der Waals surface area contributed by atoms with E-state index in [0.29, 0.717) is 28.6 Å². The van der Waals surface area contributed by atoms with E-state index in [-0.39, 0.29) is 12.1 Å². The molecule has 1 fully saturated rings. The second-order valence-corrected chi connectivity index (χ2v) is 5.34. The average Bonchev–Trinajstić information content (AvgIpc) is 2.82. The van der Waals surface area contributed by atoms with Gasteiger partial charge < -0.3 is 20.1 Å². The number of anilines is 2. The van der Waals surface area contributed by atoms with E-state index in [1.807, 2.05) is 18.9 Å². The molecule has 6 heteroatoms. The molecule has 0 aliphatic carbocycles. The van der Waals surface area contributed by atoms with E-state index < -0.39 is 5.97 Å². The average molecular weight is 299 g/mol. The van der Waals surface area contributed by atoms with Gasteiger partial charge in [0, 0.05) is 19.3 Å². The van der Waals surface area contributed by atoms with Gasteiger partial charge in [-0.05, 0) is 25.5 Å². The number of methoxy groups -OCH3 is 1. The number of benzene rings is 1. The van der Waals surface area contributed by atoms with Crippen molar-refractivity contribution in [2.45, 2.75) is 25.5 Å². The summed E-state index contributed by atoms with van der Waals surface area (Å²) in [6, 6.07) is 3.39. The number of hydrogen-bond donors (Lipinski definition) is 1. The highest BCUT2D eigenvalue weighted by atomic mass is 35.5. The van der Waals surface area contributed by atoms with Crippen LogP contribution in [-0.4, -0.2) is 38.9 Å². The SMILES string of the molecule is COC(=O)c1cc(N)cc(Cl)c1N(C)C1CCOC1C. The van der Waals surface area contributed by atoms with Gasteiger partial charge in [0.15, 0.2) is 0 Å². The van der Waals surface area contributed by atoms with E-state index in [4.69, 9.17) is 26.8 Å². The minimum atomic E-state index is -0.451. The number of halogens is 1. The number of likely N-dealkylation sites (N-methyl/N-ethyl adjacent to an activating group) is 1. The molecule has 1 aliphatic rings. The molecule has 0 saturated carbocycles. The van der Waals surface area contributed by atoms with Crippen molar-refractivity contribution < 1.29 is 14.3 Å². The van der Waals surface area contributed by atoms with Crippen LogP contribution >= 0.6 is 11.6 Å². The first-order valence-electron chi connectivity index (χ1n) is 6.47. The second kappa shape index (κ2) is 5.89. The van der Waals surface area contributed by atoms with Crippen LogP contribution in [0.3, 0.4) is 0 Å². The standard InChI is InChI=1S/C14H19ClN2O3/c1-8-12(4-5-20-8)17(2)13-10(14(18)19-3)6-9(16)7-11(13)15/h6-8,12H,4-5,16H2,1-3H3. The molecule has 1 aromatic rings. The van der Waals surface area contributed by atoms with Gasteiger partial charge in [0.2, 0.25) is 0 Å². The third-order valence-corrected chi connectivity index (χ3v) is 3.97. The second-order valence-electron chi connectivity index (χ2n) is 4.93. The third kappa shape index (κ3) is 2.69. The molecule has 2 rings (SSSR count). The fourth-order valence-corrected chi connectivity index (χ4v) is 3.00. The van der Waals surface area contributed by atoms with Crippen LogP contribution in [0.1, 0.15) is 23.7 Å². The number of ether oxygens (including phenoxy) is 2. The molecule has 0 bridgehead atoms. The molecule has 1 saturated heterocycles. The third-order valence-electron chi connectivity index (χ3n) is 3.68.